The number of rotatable bonds is 4. The topological polar surface area (TPSA) is 49.5 Å². The molecule has 24 heavy (non-hydrogen) atoms. The predicted molar refractivity (Wildman–Crippen MR) is 101 cm³/mol. The first-order chi connectivity index (χ1) is 11.5. The van der Waals surface area contributed by atoms with Gasteiger partial charge in [-0.25, -0.2) is 0 Å². The number of halogens is 1. The number of likely N-dealkylation sites (tertiary alicyclic amines) is 1. The molecule has 4 heteroatoms. The van der Waals surface area contributed by atoms with E-state index in [9.17, 15) is 5.11 Å². The third-order valence-corrected chi connectivity index (χ3v) is 6.45. The molecule has 1 aromatic rings. The standard InChI is InChI=1S/C20H31ClN2O/c1-15-5-6-16(13-19(15)21)18(20(24)9-3-2-4-10-20)14-23-11-7-17(22)8-12-23/h5-6,13,17-18,24H,2-4,7-12,14,22H2,1H3. The smallest absolute Gasteiger partial charge is 0.0728 e. The summed E-state index contributed by atoms with van der Waals surface area (Å²) >= 11 is 6.39. The first kappa shape index (κ1) is 18.2. The SMILES string of the molecule is Cc1ccc(C(CN2CCC(N)CC2)C2(O)CCCCC2)cc1Cl. The highest BCUT2D eigenvalue weighted by Gasteiger charge is 2.40. The average Bonchev–Trinajstić information content (AvgIpc) is 2.57. The van der Waals surface area contributed by atoms with Crippen molar-refractivity contribution in [3.05, 3.63) is 34.3 Å². The second kappa shape index (κ2) is 7.74. The molecule has 1 aliphatic carbocycles. The van der Waals surface area contributed by atoms with Gasteiger partial charge in [-0.05, 0) is 62.9 Å². The van der Waals surface area contributed by atoms with Gasteiger partial charge in [-0.15, -0.1) is 0 Å². The predicted octanol–water partition coefficient (Wildman–Crippen LogP) is 3.85. The fraction of sp³-hybridized carbons (Fsp3) is 0.700. The minimum absolute atomic E-state index is 0.130. The lowest BCUT2D eigenvalue weighted by Gasteiger charge is -2.43. The molecule has 0 amide bonds. The van der Waals surface area contributed by atoms with Crippen LogP contribution in [0.3, 0.4) is 0 Å². The van der Waals surface area contributed by atoms with Gasteiger partial charge < -0.3 is 15.7 Å². The second-order valence-corrected chi connectivity index (χ2v) is 8.27. The number of aliphatic hydroxyl groups is 1. The minimum atomic E-state index is -0.601. The maximum atomic E-state index is 11.4. The van der Waals surface area contributed by atoms with Crippen molar-refractivity contribution in [2.45, 2.75) is 69.4 Å². The Hall–Kier alpha value is -0.610. The Balaban J connectivity index is 1.84. The van der Waals surface area contributed by atoms with E-state index in [1.165, 1.54) is 12.0 Å². The zero-order valence-electron chi connectivity index (χ0n) is 14.8. The van der Waals surface area contributed by atoms with Crippen molar-refractivity contribution in [1.29, 1.82) is 0 Å². The van der Waals surface area contributed by atoms with E-state index in [4.69, 9.17) is 17.3 Å². The Labute approximate surface area is 151 Å². The van der Waals surface area contributed by atoms with Crippen LogP contribution in [0.4, 0.5) is 0 Å². The average molecular weight is 351 g/mol. The molecule has 1 aromatic carbocycles. The van der Waals surface area contributed by atoms with Crippen LogP contribution in [0.2, 0.25) is 5.02 Å². The molecule has 1 saturated carbocycles. The van der Waals surface area contributed by atoms with Gasteiger partial charge in [0, 0.05) is 23.5 Å². The molecule has 0 spiro atoms. The van der Waals surface area contributed by atoms with Crippen LogP contribution < -0.4 is 5.73 Å². The fourth-order valence-corrected chi connectivity index (χ4v) is 4.51. The Morgan fingerprint density at radius 3 is 2.54 bits per heavy atom. The zero-order valence-corrected chi connectivity index (χ0v) is 15.6. The molecule has 1 heterocycles. The third-order valence-electron chi connectivity index (χ3n) is 6.04. The number of benzene rings is 1. The van der Waals surface area contributed by atoms with Crippen LogP contribution in [0.1, 0.15) is 62.0 Å². The van der Waals surface area contributed by atoms with Gasteiger partial charge in [0.15, 0.2) is 0 Å². The molecule has 2 fully saturated rings. The summed E-state index contributed by atoms with van der Waals surface area (Å²) in [6.45, 7) is 5.01. The molecule has 3 N–H and O–H groups in total. The highest BCUT2D eigenvalue weighted by atomic mass is 35.5. The molecule has 0 bridgehead atoms. The van der Waals surface area contributed by atoms with Gasteiger partial charge in [-0.3, -0.25) is 0 Å². The van der Waals surface area contributed by atoms with Crippen molar-refractivity contribution in [3.63, 3.8) is 0 Å². The van der Waals surface area contributed by atoms with Crippen LogP contribution in [0.15, 0.2) is 18.2 Å². The van der Waals surface area contributed by atoms with Crippen LogP contribution in [0.5, 0.6) is 0 Å². The van der Waals surface area contributed by atoms with E-state index in [0.717, 1.165) is 68.7 Å². The maximum Gasteiger partial charge on any atom is 0.0728 e. The van der Waals surface area contributed by atoms with Crippen LogP contribution in [0, 0.1) is 6.92 Å². The Morgan fingerprint density at radius 1 is 1.25 bits per heavy atom. The maximum absolute atomic E-state index is 11.4. The first-order valence-electron chi connectivity index (χ1n) is 9.44. The second-order valence-electron chi connectivity index (χ2n) is 7.86. The molecule has 0 radical (unpaired) electrons. The molecule has 3 nitrogen and oxygen atoms in total. The normalized spacial score (nSPS) is 24.0. The number of hydrogen-bond donors (Lipinski definition) is 2. The van der Waals surface area contributed by atoms with Gasteiger partial charge in [0.2, 0.25) is 0 Å². The van der Waals surface area contributed by atoms with E-state index < -0.39 is 5.60 Å². The molecule has 1 aliphatic heterocycles. The summed E-state index contributed by atoms with van der Waals surface area (Å²) in [6.07, 6.45) is 7.39. The minimum Gasteiger partial charge on any atom is -0.389 e. The lowest BCUT2D eigenvalue weighted by molar-refractivity contribution is -0.0324. The van der Waals surface area contributed by atoms with Crippen LogP contribution in [-0.4, -0.2) is 41.3 Å². The third kappa shape index (κ3) is 4.13. The van der Waals surface area contributed by atoms with Gasteiger partial charge in [-0.1, -0.05) is 43.0 Å². The van der Waals surface area contributed by atoms with Gasteiger partial charge >= 0.3 is 0 Å². The molecule has 3 rings (SSSR count). The number of aryl methyl sites for hydroxylation is 1. The summed E-state index contributed by atoms with van der Waals surface area (Å²) in [6, 6.07) is 6.66. The van der Waals surface area contributed by atoms with Crippen molar-refractivity contribution < 1.29 is 5.11 Å². The lowest BCUT2D eigenvalue weighted by Crippen LogP contribution is -2.47. The van der Waals surface area contributed by atoms with Crippen molar-refractivity contribution >= 4 is 11.6 Å². The molecule has 134 valence electrons. The molecular weight excluding hydrogens is 320 g/mol. The number of piperidine rings is 1. The van der Waals surface area contributed by atoms with Crippen LogP contribution in [0.25, 0.3) is 0 Å². The lowest BCUT2D eigenvalue weighted by atomic mass is 9.72. The van der Waals surface area contributed by atoms with Crippen LogP contribution >= 0.6 is 11.6 Å². The van der Waals surface area contributed by atoms with Gasteiger partial charge in [0.25, 0.3) is 0 Å². The molecule has 2 aliphatic rings. The summed E-state index contributed by atoms with van der Waals surface area (Å²) in [7, 11) is 0. The van der Waals surface area contributed by atoms with E-state index in [1.54, 1.807) is 0 Å². The largest absolute Gasteiger partial charge is 0.389 e. The van der Waals surface area contributed by atoms with Gasteiger partial charge in [0.05, 0.1) is 5.60 Å². The van der Waals surface area contributed by atoms with Crippen molar-refractivity contribution in [1.82, 2.24) is 4.90 Å². The van der Waals surface area contributed by atoms with E-state index in [0.29, 0.717) is 6.04 Å². The van der Waals surface area contributed by atoms with E-state index >= 15 is 0 Å². The Kier molecular flexibility index (Phi) is 5.86. The molecule has 1 atom stereocenters. The van der Waals surface area contributed by atoms with E-state index in [1.807, 2.05) is 6.92 Å². The Morgan fingerprint density at radius 2 is 1.92 bits per heavy atom. The quantitative estimate of drug-likeness (QED) is 0.867. The van der Waals surface area contributed by atoms with Gasteiger partial charge in [0.1, 0.15) is 0 Å². The van der Waals surface area contributed by atoms with Crippen molar-refractivity contribution in [2.24, 2.45) is 5.73 Å². The number of nitrogens with two attached hydrogens (primary N) is 1. The molecular formula is C20H31ClN2O. The number of hydrogen-bond acceptors (Lipinski definition) is 3. The summed E-state index contributed by atoms with van der Waals surface area (Å²) in [5.41, 5.74) is 7.73. The fourth-order valence-electron chi connectivity index (χ4n) is 4.32. The Bertz CT molecular complexity index is 549. The number of nitrogens with zero attached hydrogens (tertiary/aromatic N) is 1. The van der Waals surface area contributed by atoms with Crippen molar-refractivity contribution in [2.75, 3.05) is 19.6 Å². The first-order valence-corrected chi connectivity index (χ1v) is 9.82. The summed E-state index contributed by atoms with van der Waals surface area (Å²) in [5.74, 6) is 0.130. The molecule has 0 aromatic heterocycles. The monoisotopic (exact) mass is 350 g/mol. The molecule has 1 saturated heterocycles. The zero-order chi connectivity index (χ0) is 17.2. The van der Waals surface area contributed by atoms with E-state index in [-0.39, 0.29) is 5.92 Å². The summed E-state index contributed by atoms with van der Waals surface area (Å²) < 4.78 is 0. The molecule has 1 unspecified atom stereocenters. The van der Waals surface area contributed by atoms with E-state index in [2.05, 4.69) is 23.1 Å². The summed E-state index contributed by atoms with van der Waals surface area (Å²) in [4.78, 5) is 2.48. The van der Waals surface area contributed by atoms with Crippen molar-refractivity contribution in [3.8, 4) is 0 Å². The highest BCUT2D eigenvalue weighted by molar-refractivity contribution is 6.31. The van der Waals surface area contributed by atoms with Gasteiger partial charge in [-0.2, -0.15) is 0 Å². The van der Waals surface area contributed by atoms with Crippen LogP contribution in [-0.2, 0) is 0 Å². The highest BCUT2D eigenvalue weighted by Crippen LogP contribution is 2.41. The summed E-state index contributed by atoms with van der Waals surface area (Å²) in [5, 5.41) is 12.2.